The van der Waals surface area contributed by atoms with Crippen LogP contribution in [-0.4, -0.2) is 37.0 Å². The SMILES string of the molecule is CC1CCNCC1NC(=O)c1cccc(NC(=O)C2Cc3ccccc3O2)c1.Cl. The lowest BCUT2D eigenvalue weighted by Gasteiger charge is -2.30. The summed E-state index contributed by atoms with van der Waals surface area (Å²) in [7, 11) is 0. The molecule has 154 valence electrons. The van der Waals surface area contributed by atoms with Gasteiger partial charge < -0.3 is 20.7 Å². The maximum Gasteiger partial charge on any atom is 0.265 e. The highest BCUT2D eigenvalue weighted by molar-refractivity contribution is 5.98. The highest BCUT2D eigenvalue weighted by Gasteiger charge is 2.29. The summed E-state index contributed by atoms with van der Waals surface area (Å²) in [4.78, 5) is 25.2. The van der Waals surface area contributed by atoms with E-state index in [2.05, 4.69) is 22.9 Å². The number of amides is 2. The van der Waals surface area contributed by atoms with Gasteiger partial charge in [-0.25, -0.2) is 0 Å². The maximum atomic E-state index is 12.6. The Morgan fingerprint density at radius 3 is 2.76 bits per heavy atom. The average Bonchev–Trinajstić information content (AvgIpc) is 3.14. The van der Waals surface area contributed by atoms with Crippen molar-refractivity contribution >= 4 is 29.9 Å². The van der Waals surface area contributed by atoms with Crippen molar-refractivity contribution in [1.29, 1.82) is 0 Å². The van der Waals surface area contributed by atoms with Crippen LogP contribution in [-0.2, 0) is 11.2 Å². The monoisotopic (exact) mass is 415 g/mol. The first-order chi connectivity index (χ1) is 13.6. The minimum absolute atomic E-state index is 0. The molecule has 7 heteroatoms. The summed E-state index contributed by atoms with van der Waals surface area (Å²) in [6.45, 7) is 3.92. The number of anilines is 1. The summed E-state index contributed by atoms with van der Waals surface area (Å²) >= 11 is 0. The molecule has 0 spiro atoms. The third-order valence-corrected chi connectivity index (χ3v) is 5.48. The van der Waals surface area contributed by atoms with Gasteiger partial charge in [-0.2, -0.15) is 0 Å². The molecular weight excluding hydrogens is 390 g/mol. The molecule has 1 fully saturated rings. The number of hydrogen-bond acceptors (Lipinski definition) is 4. The van der Waals surface area contributed by atoms with E-state index in [4.69, 9.17) is 4.74 Å². The minimum Gasteiger partial charge on any atom is -0.480 e. The van der Waals surface area contributed by atoms with E-state index in [1.807, 2.05) is 24.3 Å². The molecule has 0 aromatic heterocycles. The first kappa shape index (κ1) is 21.1. The molecule has 29 heavy (non-hydrogen) atoms. The number of benzene rings is 2. The summed E-state index contributed by atoms with van der Waals surface area (Å²) in [5, 5.41) is 9.28. The van der Waals surface area contributed by atoms with Gasteiger partial charge in [0.05, 0.1) is 0 Å². The van der Waals surface area contributed by atoms with Gasteiger partial charge in [0.1, 0.15) is 5.75 Å². The summed E-state index contributed by atoms with van der Waals surface area (Å²) < 4.78 is 5.73. The van der Waals surface area contributed by atoms with Gasteiger partial charge in [0.15, 0.2) is 6.10 Å². The van der Waals surface area contributed by atoms with E-state index in [0.29, 0.717) is 23.6 Å². The lowest BCUT2D eigenvalue weighted by molar-refractivity contribution is -0.122. The van der Waals surface area contributed by atoms with Crippen LogP contribution in [0.1, 0.15) is 29.3 Å². The molecule has 0 bridgehead atoms. The molecule has 2 aliphatic rings. The predicted molar refractivity (Wildman–Crippen MR) is 115 cm³/mol. The second-order valence-electron chi connectivity index (χ2n) is 7.54. The highest BCUT2D eigenvalue weighted by atomic mass is 35.5. The fraction of sp³-hybridized carbons (Fsp3) is 0.364. The van der Waals surface area contributed by atoms with Gasteiger partial charge in [-0.3, -0.25) is 9.59 Å². The lowest BCUT2D eigenvalue weighted by atomic mass is 9.94. The largest absolute Gasteiger partial charge is 0.480 e. The van der Waals surface area contributed by atoms with Gasteiger partial charge in [0.25, 0.3) is 11.8 Å². The van der Waals surface area contributed by atoms with Gasteiger partial charge in [-0.1, -0.05) is 31.2 Å². The molecular formula is C22H26ClN3O3. The van der Waals surface area contributed by atoms with Crippen LogP contribution in [0.25, 0.3) is 0 Å². The topological polar surface area (TPSA) is 79.5 Å². The Labute approximate surface area is 176 Å². The fourth-order valence-electron chi connectivity index (χ4n) is 3.72. The van der Waals surface area contributed by atoms with Crippen molar-refractivity contribution in [3.8, 4) is 5.75 Å². The Kier molecular flexibility index (Phi) is 6.77. The second kappa shape index (κ2) is 9.29. The lowest BCUT2D eigenvalue weighted by Crippen LogP contribution is -2.50. The zero-order valence-corrected chi connectivity index (χ0v) is 17.1. The number of ether oxygens (including phenoxy) is 1. The molecule has 2 aliphatic heterocycles. The predicted octanol–water partition coefficient (Wildman–Crippen LogP) is 2.78. The number of carbonyl (C=O) groups excluding carboxylic acids is 2. The van der Waals surface area contributed by atoms with Crippen LogP contribution in [0.4, 0.5) is 5.69 Å². The summed E-state index contributed by atoms with van der Waals surface area (Å²) in [5.41, 5.74) is 2.16. The molecule has 2 aromatic carbocycles. The number of hydrogen-bond donors (Lipinski definition) is 3. The molecule has 2 heterocycles. The number of nitrogens with one attached hydrogen (secondary N) is 3. The number of piperidine rings is 1. The van der Waals surface area contributed by atoms with Crippen molar-refractivity contribution in [2.45, 2.75) is 31.9 Å². The second-order valence-corrected chi connectivity index (χ2v) is 7.54. The van der Waals surface area contributed by atoms with Gasteiger partial charge in [-0.15, -0.1) is 12.4 Å². The van der Waals surface area contributed by atoms with E-state index >= 15 is 0 Å². The Bertz CT molecular complexity index is 864. The quantitative estimate of drug-likeness (QED) is 0.717. The molecule has 6 nitrogen and oxygen atoms in total. The normalized spacial score (nSPS) is 22.6. The number of halogens is 1. The third-order valence-electron chi connectivity index (χ3n) is 5.48. The van der Waals surface area contributed by atoms with Crippen molar-refractivity contribution in [1.82, 2.24) is 10.6 Å². The molecule has 2 aromatic rings. The van der Waals surface area contributed by atoms with Crippen molar-refractivity contribution in [2.75, 3.05) is 18.4 Å². The molecule has 3 N–H and O–H groups in total. The molecule has 3 unspecified atom stereocenters. The van der Waals surface area contributed by atoms with E-state index in [0.717, 1.165) is 30.8 Å². The Balaban J connectivity index is 0.00000240. The van der Waals surface area contributed by atoms with Crippen molar-refractivity contribution in [3.05, 3.63) is 59.7 Å². The minimum atomic E-state index is -0.552. The van der Waals surface area contributed by atoms with Crippen molar-refractivity contribution in [2.24, 2.45) is 5.92 Å². The van der Waals surface area contributed by atoms with Gasteiger partial charge in [0.2, 0.25) is 0 Å². The van der Waals surface area contributed by atoms with E-state index < -0.39 is 6.10 Å². The summed E-state index contributed by atoms with van der Waals surface area (Å²) in [6.07, 6.45) is 1.04. The van der Waals surface area contributed by atoms with Crippen LogP contribution in [0.15, 0.2) is 48.5 Å². The Hall–Kier alpha value is -2.57. The van der Waals surface area contributed by atoms with Crippen LogP contribution in [0.2, 0.25) is 0 Å². The molecule has 4 rings (SSSR count). The summed E-state index contributed by atoms with van der Waals surface area (Å²) in [6, 6.07) is 14.8. The maximum absolute atomic E-state index is 12.6. The number of para-hydroxylation sites is 1. The van der Waals surface area contributed by atoms with Crippen LogP contribution in [0.5, 0.6) is 5.75 Å². The zero-order chi connectivity index (χ0) is 19.5. The standard InChI is InChI=1S/C22H25N3O3.ClH/c1-14-9-10-23-13-18(14)25-21(26)16-6-4-7-17(11-16)24-22(27)20-12-15-5-2-3-8-19(15)28-20;/h2-8,11,14,18,20,23H,9-10,12-13H2,1H3,(H,24,27)(H,25,26);1H. The molecule has 0 radical (unpaired) electrons. The fourth-order valence-corrected chi connectivity index (χ4v) is 3.72. The number of fused-ring (bicyclic) bond motifs is 1. The highest BCUT2D eigenvalue weighted by Crippen LogP contribution is 2.28. The van der Waals surface area contributed by atoms with Crippen molar-refractivity contribution < 1.29 is 14.3 Å². The Morgan fingerprint density at radius 2 is 1.97 bits per heavy atom. The van der Waals surface area contributed by atoms with Crippen LogP contribution < -0.4 is 20.7 Å². The van der Waals surface area contributed by atoms with Gasteiger partial charge in [0, 0.05) is 30.3 Å². The summed E-state index contributed by atoms with van der Waals surface area (Å²) in [5.74, 6) is 0.861. The molecule has 0 saturated carbocycles. The van der Waals surface area contributed by atoms with E-state index in [9.17, 15) is 9.59 Å². The van der Waals surface area contributed by atoms with Gasteiger partial charge >= 0.3 is 0 Å². The number of carbonyl (C=O) groups is 2. The van der Waals surface area contributed by atoms with Crippen LogP contribution >= 0.6 is 12.4 Å². The number of rotatable bonds is 4. The van der Waals surface area contributed by atoms with E-state index in [1.165, 1.54) is 0 Å². The molecule has 0 aliphatic carbocycles. The molecule has 1 saturated heterocycles. The zero-order valence-electron chi connectivity index (χ0n) is 16.3. The molecule has 3 atom stereocenters. The van der Waals surface area contributed by atoms with Crippen LogP contribution in [0, 0.1) is 5.92 Å². The first-order valence-electron chi connectivity index (χ1n) is 9.77. The Morgan fingerprint density at radius 1 is 1.14 bits per heavy atom. The van der Waals surface area contributed by atoms with Gasteiger partial charge in [-0.05, 0) is 48.7 Å². The van der Waals surface area contributed by atoms with Crippen LogP contribution in [0.3, 0.4) is 0 Å². The average molecular weight is 416 g/mol. The van der Waals surface area contributed by atoms with E-state index in [-0.39, 0.29) is 30.3 Å². The molecule has 2 amide bonds. The third kappa shape index (κ3) is 4.89. The van der Waals surface area contributed by atoms with Crippen molar-refractivity contribution in [3.63, 3.8) is 0 Å². The first-order valence-corrected chi connectivity index (χ1v) is 9.77. The smallest absolute Gasteiger partial charge is 0.265 e. The van der Waals surface area contributed by atoms with E-state index in [1.54, 1.807) is 24.3 Å².